The first kappa shape index (κ1) is 15.5. The first-order chi connectivity index (χ1) is 10.5. The number of methoxy groups -OCH3 is 1. The molecule has 1 fully saturated rings. The van der Waals surface area contributed by atoms with Crippen molar-refractivity contribution in [3.8, 4) is 0 Å². The Morgan fingerprint density at radius 3 is 2.45 bits per heavy atom. The Kier molecular flexibility index (Phi) is 4.72. The molecule has 0 aromatic heterocycles. The summed E-state index contributed by atoms with van der Waals surface area (Å²) in [4.78, 5) is 45.3. The van der Waals surface area contributed by atoms with E-state index >= 15 is 0 Å². The molecule has 1 aliphatic rings. The zero-order chi connectivity index (χ0) is 16.1. The molecule has 1 aromatic carbocycles. The molecule has 0 unspecified atom stereocenters. The van der Waals surface area contributed by atoms with Crippen molar-refractivity contribution in [2.45, 2.75) is 18.9 Å². The van der Waals surface area contributed by atoms with Crippen LogP contribution in [-0.2, 0) is 14.3 Å². The average Bonchev–Trinajstić information content (AvgIpc) is 2.83. The summed E-state index contributed by atoms with van der Waals surface area (Å²) in [6, 6.07) is 4.99. The number of esters is 1. The minimum atomic E-state index is -0.681. The second-order valence-electron chi connectivity index (χ2n) is 4.67. The van der Waals surface area contributed by atoms with Gasteiger partial charge in [-0.05, 0) is 30.7 Å². The van der Waals surface area contributed by atoms with Crippen molar-refractivity contribution in [1.29, 1.82) is 0 Å². The lowest BCUT2D eigenvalue weighted by molar-refractivity contribution is -0.120. The Labute approximate surface area is 126 Å². The smallest absolute Gasteiger partial charge is 0.337 e. The van der Waals surface area contributed by atoms with E-state index in [9.17, 15) is 19.2 Å². The predicted octanol–water partition coefficient (Wildman–Crippen LogP) is 0.400. The van der Waals surface area contributed by atoms with E-state index in [2.05, 4.69) is 20.7 Å². The van der Waals surface area contributed by atoms with Gasteiger partial charge < -0.3 is 15.4 Å². The van der Waals surface area contributed by atoms with E-state index in [0.717, 1.165) is 0 Å². The summed E-state index contributed by atoms with van der Waals surface area (Å²) < 4.78 is 4.57. The van der Waals surface area contributed by atoms with Gasteiger partial charge in [0.25, 0.3) is 5.91 Å². The number of amides is 4. The molecule has 0 spiro atoms. The van der Waals surface area contributed by atoms with E-state index in [1.165, 1.54) is 19.2 Å². The molecule has 22 heavy (non-hydrogen) atoms. The minimum absolute atomic E-state index is 0.0805. The largest absolute Gasteiger partial charge is 0.465 e. The highest BCUT2D eigenvalue weighted by atomic mass is 16.5. The van der Waals surface area contributed by atoms with Gasteiger partial charge in [-0.1, -0.05) is 0 Å². The summed E-state index contributed by atoms with van der Waals surface area (Å²) in [7, 11) is 1.29. The lowest BCUT2D eigenvalue weighted by atomic mass is 10.1. The van der Waals surface area contributed by atoms with Crippen molar-refractivity contribution in [3.05, 3.63) is 29.8 Å². The molecule has 8 heteroatoms. The molecule has 116 valence electrons. The molecule has 3 N–H and O–H groups in total. The van der Waals surface area contributed by atoms with Crippen molar-refractivity contribution in [2.75, 3.05) is 12.4 Å². The number of hydrogen-bond donors (Lipinski definition) is 3. The van der Waals surface area contributed by atoms with Gasteiger partial charge in [-0.25, -0.2) is 9.59 Å². The van der Waals surface area contributed by atoms with Gasteiger partial charge in [0.2, 0.25) is 5.91 Å². The molecule has 0 bridgehead atoms. The fourth-order valence-corrected chi connectivity index (χ4v) is 1.97. The van der Waals surface area contributed by atoms with Gasteiger partial charge in [-0.3, -0.25) is 14.9 Å². The zero-order valence-corrected chi connectivity index (χ0v) is 11.8. The maximum atomic E-state index is 11.8. The van der Waals surface area contributed by atoms with Crippen molar-refractivity contribution >= 4 is 29.5 Å². The number of carbonyl (C=O) groups excluding carboxylic acids is 4. The summed E-state index contributed by atoms with van der Waals surface area (Å²) in [6.45, 7) is 0. The molecule has 1 atom stereocenters. The summed E-state index contributed by atoms with van der Waals surface area (Å²) >= 11 is 0. The number of urea groups is 1. The number of ether oxygens (including phenoxy) is 1. The van der Waals surface area contributed by atoms with Crippen LogP contribution >= 0.6 is 0 Å². The quantitative estimate of drug-likeness (QED) is 0.538. The third kappa shape index (κ3) is 3.81. The molecule has 8 nitrogen and oxygen atoms in total. The van der Waals surface area contributed by atoms with Gasteiger partial charge in [0, 0.05) is 12.1 Å². The Morgan fingerprint density at radius 1 is 1.23 bits per heavy atom. The second-order valence-corrected chi connectivity index (χ2v) is 4.67. The van der Waals surface area contributed by atoms with Gasteiger partial charge in [0.15, 0.2) is 0 Å². The minimum Gasteiger partial charge on any atom is -0.465 e. The molecule has 0 aliphatic carbocycles. The first-order valence-corrected chi connectivity index (χ1v) is 6.59. The average molecular weight is 305 g/mol. The van der Waals surface area contributed by atoms with Crippen LogP contribution in [0.3, 0.4) is 0 Å². The van der Waals surface area contributed by atoms with Crippen LogP contribution < -0.4 is 16.0 Å². The fraction of sp³-hybridized carbons (Fsp3) is 0.286. The Morgan fingerprint density at radius 2 is 1.91 bits per heavy atom. The first-order valence-electron chi connectivity index (χ1n) is 6.59. The van der Waals surface area contributed by atoms with E-state index < -0.39 is 23.9 Å². The number of rotatable bonds is 5. The van der Waals surface area contributed by atoms with Crippen LogP contribution in [-0.4, -0.2) is 37.0 Å². The summed E-state index contributed by atoms with van der Waals surface area (Å²) in [5.74, 6) is -1.18. The van der Waals surface area contributed by atoms with Gasteiger partial charge in [0.1, 0.15) is 6.04 Å². The van der Waals surface area contributed by atoms with Crippen molar-refractivity contribution in [2.24, 2.45) is 0 Å². The van der Waals surface area contributed by atoms with Gasteiger partial charge >= 0.3 is 12.0 Å². The monoisotopic (exact) mass is 305 g/mol. The lowest BCUT2D eigenvalue weighted by Gasteiger charge is -2.08. The van der Waals surface area contributed by atoms with Crippen molar-refractivity contribution in [3.63, 3.8) is 0 Å². The zero-order valence-electron chi connectivity index (χ0n) is 11.8. The van der Waals surface area contributed by atoms with E-state index in [-0.39, 0.29) is 18.7 Å². The van der Waals surface area contributed by atoms with E-state index in [0.29, 0.717) is 11.3 Å². The standard InChI is InChI=1S/C14H15N3O5/c1-22-13(20)8-2-4-9(5-3-8)15-11(18)7-6-10-12(19)17-14(21)16-10/h2-5,10H,6-7H2,1H3,(H,15,18)(H2,16,17,19,21)/t10-/m1/s1. The van der Waals surface area contributed by atoms with Gasteiger partial charge in [-0.15, -0.1) is 0 Å². The fourth-order valence-electron chi connectivity index (χ4n) is 1.97. The molecule has 1 aliphatic heterocycles. The maximum Gasteiger partial charge on any atom is 0.337 e. The molecular weight excluding hydrogens is 290 g/mol. The maximum absolute atomic E-state index is 11.8. The van der Waals surface area contributed by atoms with E-state index in [1.54, 1.807) is 12.1 Å². The molecule has 4 amide bonds. The van der Waals surface area contributed by atoms with E-state index in [1.807, 2.05) is 0 Å². The number of nitrogens with one attached hydrogen (secondary N) is 3. The van der Waals surface area contributed by atoms with Crippen molar-refractivity contribution < 1.29 is 23.9 Å². The Bertz CT molecular complexity index is 611. The second kappa shape index (κ2) is 6.70. The summed E-state index contributed by atoms with van der Waals surface area (Å²) in [5, 5.41) is 7.16. The van der Waals surface area contributed by atoms with Gasteiger partial charge in [0.05, 0.1) is 12.7 Å². The van der Waals surface area contributed by atoms with Crippen LogP contribution in [0.2, 0.25) is 0 Å². The molecule has 0 radical (unpaired) electrons. The van der Waals surface area contributed by atoms with Crippen LogP contribution in [0.15, 0.2) is 24.3 Å². The Hall–Kier alpha value is -2.90. The lowest BCUT2D eigenvalue weighted by Crippen LogP contribution is -2.30. The molecule has 2 rings (SSSR count). The van der Waals surface area contributed by atoms with Crippen LogP contribution in [0.1, 0.15) is 23.2 Å². The molecule has 1 aromatic rings. The molecular formula is C14H15N3O5. The number of anilines is 1. The van der Waals surface area contributed by atoms with Crippen molar-refractivity contribution in [1.82, 2.24) is 10.6 Å². The van der Waals surface area contributed by atoms with Crippen LogP contribution in [0.4, 0.5) is 10.5 Å². The number of carbonyl (C=O) groups is 4. The highest BCUT2D eigenvalue weighted by Crippen LogP contribution is 2.11. The van der Waals surface area contributed by atoms with E-state index in [4.69, 9.17) is 0 Å². The van der Waals surface area contributed by atoms with Crippen LogP contribution in [0.25, 0.3) is 0 Å². The normalized spacial score (nSPS) is 16.7. The molecule has 1 heterocycles. The highest BCUT2D eigenvalue weighted by Gasteiger charge is 2.29. The van der Waals surface area contributed by atoms with Gasteiger partial charge in [-0.2, -0.15) is 0 Å². The van der Waals surface area contributed by atoms with Crippen LogP contribution in [0, 0.1) is 0 Å². The number of benzene rings is 1. The number of imide groups is 1. The SMILES string of the molecule is COC(=O)c1ccc(NC(=O)CC[C@H]2NC(=O)NC2=O)cc1. The summed E-state index contributed by atoms with van der Waals surface area (Å²) in [5.41, 5.74) is 0.906. The third-order valence-corrected chi connectivity index (χ3v) is 3.11. The predicted molar refractivity (Wildman–Crippen MR) is 76.1 cm³/mol. The topological polar surface area (TPSA) is 114 Å². The van der Waals surface area contributed by atoms with Crippen LogP contribution in [0.5, 0.6) is 0 Å². The summed E-state index contributed by atoms with van der Waals surface area (Å²) in [6.07, 6.45) is 0.292. The highest BCUT2D eigenvalue weighted by molar-refractivity contribution is 6.04. The Balaban J connectivity index is 1.83. The molecule has 1 saturated heterocycles. The third-order valence-electron chi connectivity index (χ3n) is 3.11. The number of hydrogen-bond acceptors (Lipinski definition) is 5. The molecule has 0 saturated carbocycles.